The minimum atomic E-state index is -1.34. The average molecular weight is 225 g/mol. The number of nitrogens with one attached hydrogen (secondary N) is 1. The topological polar surface area (TPSA) is 74.9 Å². The van der Waals surface area contributed by atoms with E-state index in [-0.39, 0.29) is 16.9 Å². The van der Waals surface area contributed by atoms with Crippen molar-refractivity contribution in [2.45, 2.75) is 6.10 Å². The van der Waals surface area contributed by atoms with Gasteiger partial charge in [0.15, 0.2) is 0 Å². The minimum absolute atomic E-state index is 0.121. The highest BCUT2D eigenvalue weighted by Crippen LogP contribution is 2.27. The molecule has 1 unspecified atom stereocenters. The van der Waals surface area contributed by atoms with E-state index in [0.29, 0.717) is 0 Å². The summed E-state index contributed by atoms with van der Waals surface area (Å²) >= 11 is 0. The van der Waals surface area contributed by atoms with Crippen LogP contribution in [0.5, 0.6) is 0 Å². The molecule has 0 saturated heterocycles. The Hall–Kier alpha value is -1.95. The van der Waals surface area contributed by atoms with Crippen molar-refractivity contribution in [3.63, 3.8) is 0 Å². The van der Waals surface area contributed by atoms with Gasteiger partial charge in [-0.1, -0.05) is 0 Å². The third kappa shape index (κ3) is 1.74. The highest BCUT2D eigenvalue weighted by molar-refractivity contribution is 5.43. The van der Waals surface area contributed by atoms with Crippen molar-refractivity contribution in [1.82, 2.24) is 10.2 Å². The van der Waals surface area contributed by atoms with Gasteiger partial charge in [-0.25, -0.2) is 8.78 Å². The van der Waals surface area contributed by atoms with Crippen LogP contribution in [0.15, 0.2) is 24.4 Å². The number of aromatic nitrogens is 2. The molecule has 0 fully saturated rings. The maximum absolute atomic E-state index is 13.3. The van der Waals surface area contributed by atoms with Crippen molar-refractivity contribution < 1.29 is 13.9 Å². The Bertz CT molecular complexity index is 513. The Morgan fingerprint density at radius 1 is 1.31 bits per heavy atom. The smallest absolute Gasteiger partial charge is 0.129 e. The van der Waals surface area contributed by atoms with E-state index in [9.17, 15) is 13.9 Å². The lowest BCUT2D eigenvalue weighted by Crippen LogP contribution is -2.05. The third-order valence-electron chi connectivity index (χ3n) is 2.25. The van der Waals surface area contributed by atoms with E-state index >= 15 is 0 Å². The molecule has 0 bridgehead atoms. The SMILES string of the molecule is Nc1[nH]ncc1C(O)c1cc(F)ccc1F. The Kier molecular flexibility index (Phi) is 2.57. The van der Waals surface area contributed by atoms with Crippen LogP contribution < -0.4 is 5.73 Å². The number of benzene rings is 1. The van der Waals surface area contributed by atoms with Gasteiger partial charge in [0.2, 0.25) is 0 Å². The fourth-order valence-electron chi connectivity index (χ4n) is 1.42. The highest BCUT2D eigenvalue weighted by atomic mass is 19.1. The molecule has 0 amide bonds. The zero-order valence-corrected chi connectivity index (χ0v) is 8.11. The summed E-state index contributed by atoms with van der Waals surface area (Å²) in [6, 6.07) is 2.85. The molecule has 0 radical (unpaired) electrons. The number of anilines is 1. The lowest BCUT2D eigenvalue weighted by Gasteiger charge is -2.10. The largest absolute Gasteiger partial charge is 0.384 e. The number of H-pyrrole nitrogens is 1. The maximum atomic E-state index is 13.3. The molecule has 16 heavy (non-hydrogen) atoms. The summed E-state index contributed by atoms with van der Waals surface area (Å²) in [6.45, 7) is 0. The van der Waals surface area contributed by atoms with E-state index in [4.69, 9.17) is 5.73 Å². The van der Waals surface area contributed by atoms with Crippen LogP contribution in [0.2, 0.25) is 0 Å². The van der Waals surface area contributed by atoms with Crippen molar-refractivity contribution in [3.8, 4) is 0 Å². The van der Waals surface area contributed by atoms with Gasteiger partial charge < -0.3 is 10.8 Å². The van der Waals surface area contributed by atoms with Crippen LogP contribution >= 0.6 is 0 Å². The summed E-state index contributed by atoms with van der Waals surface area (Å²) in [7, 11) is 0. The summed E-state index contributed by atoms with van der Waals surface area (Å²) in [6.07, 6.45) is -0.0703. The van der Waals surface area contributed by atoms with Crippen LogP contribution in [0.1, 0.15) is 17.2 Å². The zero-order chi connectivity index (χ0) is 11.7. The zero-order valence-electron chi connectivity index (χ0n) is 8.11. The van der Waals surface area contributed by atoms with Gasteiger partial charge in [-0.2, -0.15) is 5.10 Å². The summed E-state index contributed by atoms with van der Waals surface area (Å²) in [5.41, 5.74) is 5.51. The van der Waals surface area contributed by atoms with Crippen molar-refractivity contribution in [2.75, 3.05) is 5.73 Å². The first kappa shape index (κ1) is 10.6. The fourth-order valence-corrected chi connectivity index (χ4v) is 1.42. The first-order valence-corrected chi connectivity index (χ1v) is 4.51. The van der Waals surface area contributed by atoms with E-state index in [1.165, 1.54) is 6.20 Å². The Balaban J connectivity index is 2.45. The van der Waals surface area contributed by atoms with Crippen molar-refractivity contribution in [3.05, 3.63) is 47.2 Å². The molecule has 4 nitrogen and oxygen atoms in total. The number of hydrogen-bond acceptors (Lipinski definition) is 3. The molecule has 2 aromatic rings. The number of nitrogens with two attached hydrogens (primary N) is 1. The first-order valence-electron chi connectivity index (χ1n) is 4.51. The Labute approximate surface area is 89.7 Å². The number of aliphatic hydroxyl groups excluding tert-OH is 1. The molecule has 0 saturated carbocycles. The van der Waals surface area contributed by atoms with Gasteiger partial charge in [0, 0.05) is 11.1 Å². The Morgan fingerprint density at radius 2 is 2.06 bits per heavy atom. The van der Waals surface area contributed by atoms with E-state index in [1.54, 1.807) is 0 Å². The lowest BCUT2D eigenvalue weighted by atomic mass is 10.0. The highest BCUT2D eigenvalue weighted by Gasteiger charge is 2.19. The van der Waals surface area contributed by atoms with Gasteiger partial charge in [0.05, 0.1) is 6.20 Å². The first-order chi connectivity index (χ1) is 7.59. The van der Waals surface area contributed by atoms with Crippen LogP contribution in [0.25, 0.3) is 0 Å². The van der Waals surface area contributed by atoms with Gasteiger partial charge in [-0.15, -0.1) is 0 Å². The minimum Gasteiger partial charge on any atom is -0.384 e. The molecule has 1 aromatic heterocycles. The van der Waals surface area contributed by atoms with Crippen molar-refractivity contribution in [2.24, 2.45) is 0 Å². The molecule has 84 valence electrons. The number of hydrogen-bond donors (Lipinski definition) is 3. The molecular weight excluding hydrogens is 216 g/mol. The monoisotopic (exact) mass is 225 g/mol. The molecule has 1 aromatic carbocycles. The van der Waals surface area contributed by atoms with E-state index < -0.39 is 17.7 Å². The number of rotatable bonds is 2. The second-order valence-corrected chi connectivity index (χ2v) is 3.31. The van der Waals surface area contributed by atoms with Gasteiger partial charge in [0.25, 0.3) is 0 Å². The summed E-state index contributed by atoms with van der Waals surface area (Å²) in [4.78, 5) is 0. The van der Waals surface area contributed by atoms with Gasteiger partial charge in [-0.3, -0.25) is 5.10 Å². The second-order valence-electron chi connectivity index (χ2n) is 3.31. The molecule has 6 heteroatoms. The molecule has 0 aliphatic rings. The molecule has 0 aliphatic heterocycles. The third-order valence-corrected chi connectivity index (χ3v) is 2.25. The number of nitrogen functional groups attached to an aromatic ring is 1. The second kappa shape index (κ2) is 3.90. The Morgan fingerprint density at radius 3 is 2.69 bits per heavy atom. The van der Waals surface area contributed by atoms with Gasteiger partial charge >= 0.3 is 0 Å². The molecule has 0 spiro atoms. The predicted molar refractivity (Wildman–Crippen MR) is 53.4 cm³/mol. The quantitative estimate of drug-likeness (QED) is 0.722. The van der Waals surface area contributed by atoms with Crippen LogP contribution in [0, 0.1) is 11.6 Å². The average Bonchev–Trinajstić information content (AvgIpc) is 2.67. The van der Waals surface area contributed by atoms with Crippen LogP contribution in [0.3, 0.4) is 0 Å². The van der Waals surface area contributed by atoms with Crippen molar-refractivity contribution >= 4 is 5.82 Å². The lowest BCUT2D eigenvalue weighted by molar-refractivity contribution is 0.215. The summed E-state index contributed by atoms with van der Waals surface area (Å²) in [5.74, 6) is -1.21. The van der Waals surface area contributed by atoms with Gasteiger partial charge in [-0.05, 0) is 18.2 Å². The normalized spacial score (nSPS) is 12.7. The maximum Gasteiger partial charge on any atom is 0.129 e. The van der Waals surface area contributed by atoms with E-state index in [2.05, 4.69) is 10.2 Å². The van der Waals surface area contributed by atoms with E-state index in [0.717, 1.165) is 18.2 Å². The molecular formula is C10H9F2N3O. The molecule has 0 aliphatic carbocycles. The van der Waals surface area contributed by atoms with Crippen LogP contribution in [-0.4, -0.2) is 15.3 Å². The summed E-state index contributed by atoms with van der Waals surface area (Å²) < 4.78 is 26.3. The van der Waals surface area contributed by atoms with E-state index in [1.807, 2.05) is 0 Å². The number of aliphatic hydroxyl groups is 1. The molecule has 2 rings (SSSR count). The standard InChI is InChI=1S/C10H9F2N3O/c11-5-1-2-8(12)6(3-5)9(16)7-4-14-15-10(7)13/h1-4,9,16H,(H3,13,14,15). The van der Waals surface area contributed by atoms with Crippen LogP contribution in [0.4, 0.5) is 14.6 Å². The van der Waals surface area contributed by atoms with Gasteiger partial charge in [0.1, 0.15) is 23.6 Å². The van der Waals surface area contributed by atoms with Crippen molar-refractivity contribution in [1.29, 1.82) is 0 Å². The fraction of sp³-hybridized carbons (Fsp3) is 0.100. The van der Waals surface area contributed by atoms with Crippen LogP contribution in [-0.2, 0) is 0 Å². The number of aromatic amines is 1. The molecule has 1 atom stereocenters. The molecule has 4 N–H and O–H groups in total. The number of halogens is 2. The molecule has 1 heterocycles. The predicted octanol–water partition coefficient (Wildman–Crippen LogP) is 1.35. The summed E-state index contributed by atoms with van der Waals surface area (Å²) in [5, 5.41) is 15.8. The number of nitrogens with zero attached hydrogens (tertiary/aromatic N) is 1.